The lowest BCUT2D eigenvalue weighted by atomic mass is 9.76. The molecule has 3 rings (SSSR count). The van der Waals surface area contributed by atoms with Gasteiger partial charge in [-0.3, -0.25) is 0 Å². The van der Waals surface area contributed by atoms with Crippen LogP contribution in [0.2, 0.25) is 0 Å². The van der Waals surface area contributed by atoms with Crippen LogP contribution in [-0.2, 0) is 4.74 Å². The first-order valence-corrected chi connectivity index (χ1v) is 7.77. The van der Waals surface area contributed by atoms with Crippen LogP contribution >= 0.6 is 0 Å². The zero-order valence-corrected chi connectivity index (χ0v) is 11.9. The Bertz CT molecular complexity index is 269. The van der Waals surface area contributed by atoms with Gasteiger partial charge >= 0.3 is 0 Å². The molecule has 4 heteroatoms. The van der Waals surface area contributed by atoms with E-state index in [2.05, 4.69) is 6.92 Å². The summed E-state index contributed by atoms with van der Waals surface area (Å²) in [5.74, 6) is 0.109. The average Bonchev–Trinajstić information content (AvgIpc) is 2.39. The van der Waals surface area contributed by atoms with Crippen molar-refractivity contribution in [2.45, 2.75) is 76.3 Å². The fraction of sp³-hybridized carbons (Fsp3) is 1.00. The maximum atomic E-state index is 10.4. The highest BCUT2D eigenvalue weighted by Gasteiger charge is 2.45. The Morgan fingerprint density at radius 1 is 0.947 bits per heavy atom. The molecule has 2 saturated heterocycles. The normalized spacial score (nSPS) is 45.5. The average molecular weight is 272 g/mol. The summed E-state index contributed by atoms with van der Waals surface area (Å²) in [6.07, 6.45) is 5.37. The fourth-order valence-corrected chi connectivity index (χ4v) is 3.70. The number of aliphatic hydroxyl groups excluding tert-OH is 3. The van der Waals surface area contributed by atoms with Gasteiger partial charge in [0.2, 0.25) is 0 Å². The Hall–Kier alpha value is -0.160. The van der Waals surface area contributed by atoms with E-state index >= 15 is 0 Å². The lowest BCUT2D eigenvalue weighted by Gasteiger charge is -2.45. The third-order valence-electron chi connectivity index (χ3n) is 4.89. The minimum Gasteiger partial charge on any atom is -0.394 e. The Kier molecular flexibility index (Phi) is 5.63. The van der Waals surface area contributed by atoms with Crippen LogP contribution in [0, 0.1) is 11.8 Å². The molecule has 6 atom stereocenters. The molecule has 0 aromatic carbocycles. The van der Waals surface area contributed by atoms with Crippen molar-refractivity contribution in [3.63, 3.8) is 0 Å². The second kappa shape index (κ2) is 7.02. The van der Waals surface area contributed by atoms with Gasteiger partial charge in [0, 0.05) is 5.92 Å². The minimum atomic E-state index is -0.810. The third kappa shape index (κ3) is 3.48. The van der Waals surface area contributed by atoms with Crippen LogP contribution in [0.1, 0.15) is 51.9 Å². The quantitative estimate of drug-likeness (QED) is 0.676. The molecule has 0 spiro atoms. The summed E-state index contributed by atoms with van der Waals surface area (Å²) in [4.78, 5) is 0. The Balaban J connectivity index is 2.14. The second-order valence-electron chi connectivity index (χ2n) is 6.28. The molecule has 19 heavy (non-hydrogen) atoms. The first-order valence-electron chi connectivity index (χ1n) is 7.77. The van der Waals surface area contributed by atoms with Crippen LogP contribution in [-0.4, -0.2) is 46.3 Å². The molecular weight excluding hydrogens is 244 g/mol. The molecule has 0 aromatic rings. The molecule has 3 fully saturated rings. The molecule has 2 aliphatic heterocycles. The van der Waals surface area contributed by atoms with E-state index in [4.69, 9.17) is 4.74 Å². The highest BCUT2D eigenvalue weighted by molar-refractivity contribution is 4.94. The molecule has 1 saturated carbocycles. The number of aliphatic hydroxyl groups is 3. The number of ether oxygens (including phenoxy) is 1. The molecular formula is C15H28O4. The fourth-order valence-electron chi connectivity index (χ4n) is 3.70. The predicted octanol–water partition coefficient (Wildman–Crippen LogP) is 1.46. The van der Waals surface area contributed by atoms with Crippen LogP contribution < -0.4 is 0 Å². The predicted molar refractivity (Wildman–Crippen MR) is 72.7 cm³/mol. The zero-order chi connectivity index (χ0) is 13.8. The highest BCUT2D eigenvalue weighted by Crippen LogP contribution is 2.36. The van der Waals surface area contributed by atoms with Crippen LogP contribution in [0.4, 0.5) is 0 Å². The number of hydrogen-bond acceptors (Lipinski definition) is 4. The smallest absolute Gasteiger partial charge is 0.106 e. The van der Waals surface area contributed by atoms with Crippen molar-refractivity contribution < 1.29 is 20.1 Å². The maximum Gasteiger partial charge on any atom is 0.106 e. The maximum absolute atomic E-state index is 10.4. The van der Waals surface area contributed by atoms with Gasteiger partial charge in [0.15, 0.2) is 0 Å². The number of hydrogen-bond donors (Lipinski definition) is 3. The van der Waals surface area contributed by atoms with Crippen LogP contribution in [0.5, 0.6) is 0 Å². The standard InChI is InChI=1S/C15H28O4/c1-10-7-5-3-2-4-6-8-11-14(17)15(18)13(10)12(9-16)19-11/h10-18H,2-9H2,1H3/t10-,11+,12+,13?,14-,15-/m0/s1. The van der Waals surface area contributed by atoms with E-state index < -0.39 is 12.2 Å². The van der Waals surface area contributed by atoms with Crippen LogP contribution in [0.25, 0.3) is 0 Å². The van der Waals surface area contributed by atoms with E-state index in [1.165, 1.54) is 12.8 Å². The summed E-state index contributed by atoms with van der Waals surface area (Å²) in [6.45, 7) is 2.02. The molecule has 3 N–H and O–H groups in total. The van der Waals surface area contributed by atoms with Gasteiger partial charge in [0.25, 0.3) is 0 Å². The topological polar surface area (TPSA) is 69.9 Å². The zero-order valence-electron chi connectivity index (χ0n) is 11.9. The van der Waals surface area contributed by atoms with Crippen molar-refractivity contribution in [2.24, 2.45) is 11.8 Å². The molecule has 112 valence electrons. The molecule has 1 aliphatic carbocycles. The molecule has 2 heterocycles. The molecule has 4 nitrogen and oxygen atoms in total. The van der Waals surface area contributed by atoms with Gasteiger partial charge in [-0.25, -0.2) is 0 Å². The first kappa shape index (κ1) is 15.2. The second-order valence-corrected chi connectivity index (χ2v) is 6.28. The van der Waals surface area contributed by atoms with E-state index in [0.29, 0.717) is 0 Å². The van der Waals surface area contributed by atoms with Gasteiger partial charge in [-0.15, -0.1) is 0 Å². The van der Waals surface area contributed by atoms with Crippen LogP contribution in [0.3, 0.4) is 0 Å². The number of fused-ring (bicyclic) bond motifs is 9. The Labute approximate surface area is 115 Å². The van der Waals surface area contributed by atoms with E-state index in [1.807, 2.05) is 0 Å². The third-order valence-corrected chi connectivity index (χ3v) is 4.89. The monoisotopic (exact) mass is 272 g/mol. The molecule has 0 radical (unpaired) electrons. The van der Waals surface area contributed by atoms with Crippen molar-refractivity contribution in [1.82, 2.24) is 0 Å². The SMILES string of the molecule is C[C@H]1CCCCCCC[C@H]2O[C@H](CO)C1[C@H](O)[C@H]2O. The molecule has 0 amide bonds. The van der Waals surface area contributed by atoms with E-state index in [0.717, 1.165) is 32.1 Å². The van der Waals surface area contributed by atoms with E-state index in [9.17, 15) is 15.3 Å². The van der Waals surface area contributed by atoms with Crippen molar-refractivity contribution in [3.8, 4) is 0 Å². The van der Waals surface area contributed by atoms with Crippen molar-refractivity contribution in [3.05, 3.63) is 0 Å². The molecule has 3 aliphatic rings. The van der Waals surface area contributed by atoms with Crippen molar-refractivity contribution in [1.29, 1.82) is 0 Å². The van der Waals surface area contributed by atoms with Crippen LogP contribution in [0.15, 0.2) is 0 Å². The lowest BCUT2D eigenvalue weighted by molar-refractivity contribution is -0.220. The summed E-state index contributed by atoms with van der Waals surface area (Å²) >= 11 is 0. The first-order chi connectivity index (χ1) is 9.15. The van der Waals surface area contributed by atoms with Gasteiger partial charge < -0.3 is 20.1 Å². The van der Waals surface area contributed by atoms with Gasteiger partial charge in [-0.05, 0) is 12.3 Å². The van der Waals surface area contributed by atoms with E-state index in [-0.39, 0.29) is 30.7 Å². The van der Waals surface area contributed by atoms with E-state index in [1.54, 1.807) is 0 Å². The summed E-state index contributed by atoms with van der Waals surface area (Å²) in [5.41, 5.74) is 0. The highest BCUT2D eigenvalue weighted by atomic mass is 16.5. The molecule has 1 unspecified atom stereocenters. The molecule has 0 aromatic heterocycles. The van der Waals surface area contributed by atoms with Crippen molar-refractivity contribution in [2.75, 3.05) is 6.61 Å². The van der Waals surface area contributed by atoms with Gasteiger partial charge in [-0.1, -0.05) is 45.4 Å². The van der Waals surface area contributed by atoms with Gasteiger partial charge in [0.05, 0.1) is 24.9 Å². The minimum absolute atomic E-state index is 0.0741. The largest absolute Gasteiger partial charge is 0.394 e. The Morgan fingerprint density at radius 2 is 1.58 bits per heavy atom. The summed E-state index contributed by atoms with van der Waals surface area (Å²) in [7, 11) is 0. The summed E-state index contributed by atoms with van der Waals surface area (Å²) in [5, 5.41) is 30.1. The van der Waals surface area contributed by atoms with Gasteiger partial charge in [0.1, 0.15) is 6.10 Å². The van der Waals surface area contributed by atoms with Crippen molar-refractivity contribution >= 4 is 0 Å². The van der Waals surface area contributed by atoms with Gasteiger partial charge in [-0.2, -0.15) is 0 Å². The lowest BCUT2D eigenvalue weighted by Crippen LogP contribution is -2.57. The number of rotatable bonds is 1. The summed E-state index contributed by atoms with van der Waals surface area (Å²) < 4.78 is 5.86. The Morgan fingerprint density at radius 3 is 2.26 bits per heavy atom. The summed E-state index contributed by atoms with van der Waals surface area (Å²) in [6, 6.07) is 0. The molecule has 2 bridgehead atoms.